The molecule has 0 radical (unpaired) electrons. The highest BCUT2D eigenvalue weighted by Gasteiger charge is 2.41. The molecule has 1 amide bonds. The number of ether oxygens (including phenoxy) is 1. The largest absolute Gasteiger partial charge is 0.457 e. The highest BCUT2D eigenvalue weighted by atomic mass is 32.1. The average molecular weight is 375 g/mol. The van der Waals surface area contributed by atoms with E-state index in [2.05, 4.69) is 4.98 Å². The lowest BCUT2D eigenvalue weighted by Gasteiger charge is -2.22. The molecule has 1 fully saturated rings. The summed E-state index contributed by atoms with van der Waals surface area (Å²) in [4.78, 5) is 20.2. The van der Waals surface area contributed by atoms with Gasteiger partial charge >= 0.3 is 0 Å². The molecule has 1 unspecified atom stereocenters. The molecule has 1 aromatic heterocycles. The standard InChI is InChI=1S/C21H17N3O2S/c1-15-20(25)24(17-6-5-13-22-14-17)21(27)23(15)16-9-11-19(12-10-16)26-18-7-3-2-4-8-18/h2-15H,1H3. The maximum atomic E-state index is 12.8. The molecule has 0 spiro atoms. The molecule has 1 saturated heterocycles. The van der Waals surface area contributed by atoms with E-state index in [-0.39, 0.29) is 5.91 Å². The first-order valence-corrected chi connectivity index (χ1v) is 8.96. The fourth-order valence-electron chi connectivity index (χ4n) is 3.02. The monoisotopic (exact) mass is 375 g/mol. The second kappa shape index (κ2) is 7.17. The second-order valence-electron chi connectivity index (χ2n) is 6.12. The molecule has 1 aliphatic rings. The summed E-state index contributed by atoms with van der Waals surface area (Å²) in [6, 6.07) is 20.4. The number of aromatic nitrogens is 1. The van der Waals surface area contributed by atoms with Crippen molar-refractivity contribution >= 4 is 34.6 Å². The Morgan fingerprint density at radius 1 is 0.926 bits per heavy atom. The maximum Gasteiger partial charge on any atom is 0.256 e. The van der Waals surface area contributed by atoms with Crippen LogP contribution >= 0.6 is 12.2 Å². The number of rotatable bonds is 4. The zero-order chi connectivity index (χ0) is 18.8. The highest BCUT2D eigenvalue weighted by Crippen LogP contribution is 2.31. The lowest BCUT2D eigenvalue weighted by atomic mass is 10.2. The van der Waals surface area contributed by atoms with Crippen molar-refractivity contribution in [1.29, 1.82) is 0 Å². The number of amides is 1. The molecule has 134 valence electrons. The first-order chi connectivity index (χ1) is 13.1. The van der Waals surface area contributed by atoms with Crippen LogP contribution in [0.2, 0.25) is 0 Å². The summed E-state index contributed by atoms with van der Waals surface area (Å²) in [5, 5.41) is 0.442. The number of hydrogen-bond donors (Lipinski definition) is 0. The van der Waals surface area contributed by atoms with Gasteiger partial charge in [0.2, 0.25) is 0 Å². The van der Waals surface area contributed by atoms with E-state index >= 15 is 0 Å². The van der Waals surface area contributed by atoms with Crippen LogP contribution in [0.3, 0.4) is 0 Å². The fraction of sp³-hybridized carbons (Fsp3) is 0.0952. The first-order valence-electron chi connectivity index (χ1n) is 8.55. The zero-order valence-corrected chi connectivity index (χ0v) is 15.5. The minimum absolute atomic E-state index is 0.0717. The normalized spacial score (nSPS) is 16.7. The molecule has 27 heavy (non-hydrogen) atoms. The van der Waals surface area contributed by atoms with E-state index in [0.717, 1.165) is 17.2 Å². The number of nitrogens with zero attached hydrogens (tertiary/aromatic N) is 3. The van der Waals surface area contributed by atoms with Gasteiger partial charge in [0.15, 0.2) is 5.11 Å². The summed E-state index contributed by atoms with van der Waals surface area (Å²) in [5.74, 6) is 1.42. The number of carbonyl (C=O) groups excluding carboxylic acids is 1. The number of para-hydroxylation sites is 1. The van der Waals surface area contributed by atoms with Crippen molar-refractivity contribution in [3.8, 4) is 11.5 Å². The number of thiocarbonyl (C=S) groups is 1. The van der Waals surface area contributed by atoms with E-state index in [1.165, 1.54) is 4.90 Å². The van der Waals surface area contributed by atoms with E-state index < -0.39 is 6.04 Å². The zero-order valence-electron chi connectivity index (χ0n) is 14.6. The van der Waals surface area contributed by atoms with E-state index in [1.54, 1.807) is 18.5 Å². The molecular weight excluding hydrogens is 358 g/mol. The van der Waals surface area contributed by atoms with Crippen molar-refractivity contribution in [1.82, 2.24) is 4.98 Å². The predicted molar refractivity (Wildman–Crippen MR) is 109 cm³/mol. The minimum Gasteiger partial charge on any atom is -0.457 e. The van der Waals surface area contributed by atoms with Gasteiger partial charge < -0.3 is 9.64 Å². The molecule has 4 rings (SSSR count). The predicted octanol–water partition coefficient (Wildman–Crippen LogP) is 4.40. The van der Waals surface area contributed by atoms with Gasteiger partial charge in [-0.15, -0.1) is 0 Å². The van der Waals surface area contributed by atoms with Gasteiger partial charge in [-0.05, 0) is 67.7 Å². The third-order valence-corrected chi connectivity index (χ3v) is 4.74. The van der Waals surface area contributed by atoms with Crippen molar-refractivity contribution < 1.29 is 9.53 Å². The molecule has 1 atom stereocenters. The van der Waals surface area contributed by atoms with Gasteiger partial charge in [-0.2, -0.15) is 0 Å². The van der Waals surface area contributed by atoms with E-state index in [1.807, 2.05) is 72.5 Å². The van der Waals surface area contributed by atoms with Crippen LogP contribution in [0.1, 0.15) is 6.92 Å². The van der Waals surface area contributed by atoms with Crippen LogP contribution in [0.4, 0.5) is 11.4 Å². The van der Waals surface area contributed by atoms with Gasteiger partial charge in [0.1, 0.15) is 17.5 Å². The lowest BCUT2D eigenvalue weighted by molar-refractivity contribution is -0.117. The van der Waals surface area contributed by atoms with Gasteiger partial charge in [-0.3, -0.25) is 14.7 Å². The minimum atomic E-state index is -0.390. The third kappa shape index (κ3) is 3.27. The smallest absolute Gasteiger partial charge is 0.256 e. The first kappa shape index (κ1) is 17.2. The molecular formula is C21H17N3O2S. The van der Waals surface area contributed by atoms with Gasteiger partial charge in [0.05, 0.1) is 11.9 Å². The van der Waals surface area contributed by atoms with Crippen LogP contribution < -0.4 is 14.5 Å². The van der Waals surface area contributed by atoms with Crippen LogP contribution in [-0.2, 0) is 4.79 Å². The molecule has 3 aromatic rings. The maximum absolute atomic E-state index is 12.8. The fourth-order valence-corrected chi connectivity index (χ4v) is 3.48. The van der Waals surface area contributed by atoms with Gasteiger partial charge in [-0.25, -0.2) is 0 Å². The number of hydrogen-bond acceptors (Lipinski definition) is 4. The van der Waals surface area contributed by atoms with Crippen molar-refractivity contribution in [3.63, 3.8) is 0 Å². The van der Waals surface area contributed by atoms with Crippen LogP contribution in [0.25, 0.3) is 0 Å². The quantitative estimate of drug-likeness (QED) is 0.633. The molecule has 0 aliphatic carbocycles. The van der Waals surface area contributed by atoms with Gasteiger partial charge in [0.25, 0.3) is 5.91 Å². The van der Waals surface area contributed by atoms with E-state index in [0.29, 0.717) is 10.8 Å². The highest BCUT2D eigenvalue weighted by molar-refractivity contribution is 7.81. The number of pyridine rings is 1. The van der Waals surface area contributed by atoms with Crippen molar-refractivity contribution in [3.05, 3.63) is 79.1 Å². The Morgan fingerprint density at radius 3 is 2.30 bits per heavy atom. The van der Waals surface area contributed by atoms with Crippen LogP contribution in [0.5, 0.6) is 11.5 Å². The summed E-state index contributed by atoms with van der Waals surface area (Å²) >= 11 is 5.59. The van der Waals surface area contributed by atoms with Crippen molar-refractivity contribution in [2.45, 2.75) is 13.0 Å². The third-order valence-electron chi connectivity index (χ3n) is 4.36. The summed E-state index contributed by atoms with van der Waals surface area (Å²) in [6.07, 6.45) is 3.30. The Labute approximate surface area is 162 Å². The van der Waals surface area contributed by atoms with Crippen molar-refractivity contribution in [2.24, 2.45) is 0 Å². The lowest BCUT2D eigenvalue weighted by Crippen LogP contribution is -2.33. The van der Waals surface area contributed by atoms with E-state index in [9.17, 15) is 4.79 Å². The second-order valence-corrected chi connectivity index (χ2v) is 6.49. The molecule has 0 saturated carbocycles. The van der Waals surface area contributed by atoms with Crippen molar-refractivity contribution in [2.75, 3.05) is 9.80 Å². The molecule has 0 bridgehead atoms. The summed E-state index contributed by atoms with van der Waals surface area (Å²) in [5.41, 5.74) is 1.51. The van der Waals surface area contributed by atoms with Gasteiger partial charge in [-0.1, -0.05) is 18.2 Å². The Hall–Kier alpha value is -3.25. The number of benzene rings is 2. The van der Waals surface area contributed by atoms with Crippen LogP contribution in [0, 0.1) is 0 Å². The number of carbonyl (C=O) groups is 1. The Kier molecular flexibility index (Phi) is 4.56. The molecule has 6 heteroatoms. The Bertz CT molecular complexity index is 962. The summed E-state index contributed by atoms with van der Waals surface area (Å²) in [7, 11) is 0. The van der Waals surface area contributed by atoms with E-state index in [4.69, 9.17) is 17.0 Å². The summed E-state index contributed by atoms with van der Waals surface area (Å²) < 4.78 is 5.82. The van der Waals surface area contributed by atoms with Crippen LogP contribution in [0.15, 0.2) is 79.1 Å². The molecule has 5 nitrogen and oxygen atoms in total. The van der Waals surface area contributed by atoms with Crippen LogP contribution in [-0.4, -0.2) is 22.0 Å². The number of anilines is 2. The molecule has 2 heterocycles. The molecule has 1 aliphatic heterocycles. The molecule has 2 aromatic carbocycles. The average Bonchev–Trinajstić information content (AvgIpc) is 2.93. The Balaban J connectivity index is 1.58. The van der Waals surface area contributed by atoms with Gasteiger partial charge in [0, 0.05) is 11.9 Å². The topological polar surface area (TPSA) is 45.7 Å². The SMILES string of the molecule is CC1C(=O)N(c2cccnc2)C(=S)N1c1ccc(Oc2ccccc2)cc1. The summed E-state index contributed by atoms with van der Waals surface area (Å²) in [6.45, 7) is 1.85. The Morgan fingerprint density at radius 2 is 1.63 bits per heavy atom. The molecule has 0 N–H and O–H groups in total.